The van der Waals surface area contributed by atoms with E-state index >= 15 is 0 Å². The number of para-hydroxylation sites is 2. The first-order chi connectivity index (χ1) is 9.11. The van der Waals surface area contributed by atoms with Crippen molar-refractivity contribution in [3.8, 4) is 0 Å². The van der Waals surface area contributed by atoms with Crippen LogP contribution in [0, 0.1) is 5.82 Å². The van der Waals surface area contributed by atoms with Gasteiger partial charge in [0.1, 0.15) is 0 Å². The van der Waals surface area contributed by atoms with Gasteiger partial charge in [0.2, 0.25) is 5.95 Å². The molecule has 2 N–H and O–H groups in total. The van der Waals surface area contributed by atoms with Crippen LogP contribution in [0.25, 0.3) is 0 Å². The molecule has 0 aliphatic heterocycles. The molecule has 0 saturated carbocycles. The van der Waals surface area contributed by atoms with Gasteiger partial charge in [0.15, 0.2) is 11.6 Å². The van der Waals surface area contributed by atoms with Gasteiger partial charge in [0, 0.05) is 21.1 Å². The van der Waals surface area contributed by atoms with Crippen LogP contribution in [0.2, 0.25) is 0 Å². The summed E-state index contributed by atoms with van der Waals surface area (Å²) in [7, 11) is 5.54. The molecule has 0 fully saturated rings. The largest absolute Gasteiger partial charge is 0.376 e. The Morgan fingerprint density at radius 1 is 1.21 bits per heavy atom. The summed E-state index contributed by atoms with van der Waals surface area (Å²) >= 11 is 0. The van der Waals surface area contributed by atoms with Crippen molar-refractivity contribution in [1.29, 1.82) is 0 Å². The second-order valence-corrected chi connectivity index (χ2v) is 4.18. The van der Waals surface area contributed by atoms with Crippen LogP contribution in [0.1, 0.15) is 0 Å². The predicted octanol–water partition coefficient (Wildman–Crippen LogP) is 2.47. The minimum absolute atomic E-state index is 0.147. The summed E-state index contributed by atoms with van der Waals surface area (Å²) < 4.78 is 13.7. The molecule has 19 heavy (non-hydrogen) atoms. The summed E-state index contributed by atoms with van der Waals surface area (Å²) in [5.41, 5.74) is 1.73. The molecule has 0 aliphatic rings. The van der Waals surface area contributed by atoms with Gasteiger partial charge >= 0.3 is 0 Å². The molecule has 1 aromatic heterocycles. The van der Waals surface area contributed by atoms with Gasteiger partial charge in [-0.3, -0.25) is 0 Å². The quantitative estimate of drug-likeness (QED) is 0.885. The van der Waals surface area contributed by atoms with Gasteiger partial charge in [-0.05, 0) is 12.1 Å². The molecule has 0 bridgehead atoms. The maximum atomic E-state index is 13.7. The fourth-order valence-electron chi connectivity index (χ4n) is 1.67. The molecule has 2 rings (SSSR count). The molecule has 1 aromatic carbocycles. The summed E-state index contributed by atoms with van der Waals surface area (Å²) in [6.45, 7) is 0. The molecule has 0 spiro atoms. The Balaban J connectivity index is 2.36. The highest BCUT2D eigenvalue weighted by molar-refractivity contribution is 5.74. The monoisotopic (exact) mass is 261 g/mol. The van der Waals surface area contributed by atoms with E-state index in [9.17, 15) is 4.39 Å². The lowest BCUT2D eigenvalue weighted by Crippen LogP contribution is -2.11. The van der Waals surface area contributed by atoms with Crippen molar-refractivity contribution in [2.75, 3.05) is 36.7 Å². The Morgan fingerprint density at radius 3 is 2.63 bits per heavy atom. The van der Waals surface area contributed by atoms with Gasteiger partial charge < -0.3 is 15.5 Å². The smallest absolute Gasteiger partial charge is 0.224 e. The second kappa shape index (κ2) is 5.51. The number of rotatable bonds is 4. The van der Waals surface area contributed by atoms with E-state index in [4.69, 9.17) is 0 Å². The van der Waals surface area contributed by atoms with Gasteiger partial charge in [-0.15, -0.1) is 0 Å². The lowest BCUT2D eigenvalue weighted by Gasteiger charge is -2.18. The van der Waals surface area contributed by atoms with Crippen LogP contribution < -0.4 is 15.5 Å². The molecule has 0 atom stereocenters. The van der Waals surface area contributed by atoms with E-state index < -0.39 is 5.82 Å². The Bertz CT molecular complexity index is 571. The fraction of sp³-hybridized carbons (Fsp3) is 0.231. The summed E-state index contributed by atoms with van der Waals surface area (Å²) in [5, 5.41) is 5.77. The fourth-order valence-corrected chi connectivity index (χ4v) is 1.67. The van der Waals surface area contributed by atoms with Crippen LogP contribution in [0.5, 0.6) is 0 Å². The molecule has 0 aliphatic carbocycles. The molecule has 0 amide bonds. The van der Waals surface area contributed by atoms with E-state index in [1.807, 2.05) is 43.3 Å². The highest BCUT2D eigenvalue weighted by Gasteiger charge is 2.09. The van der Waals surface area contributed by atoms with Crippen LogP contribution in [-0.4, -0.2) is 31.1 Å². The summed E-state index contributed by atoms with van der Waals surface area (Å²) in [4.78, 5) is 9.81. The number of anilines is 4. The molecule has 0 radical (unpaired) electrons. The number of hydrogen-bond donors (Lipinski definition) is 2. The molecular weight excluding hydrogens is 245 g/mol. The first-order valence-electron chi connectivity index (χ1n) is 5.85. The maximum Gasteiger partial charge on any atom is 0.224 e. The SMILES string of the molecule is CNc1ncc(F)c(Nc2ccccc2N(C)C)n1. The maximum absolute atomic E-state index is 13.7. The van der Waals surface area contributed by atoms with Crippen LogP contribution in [0.15, 0.2) is 30.5 Å². The Morgan fingerprint density at radius 2 is 1.95 bits per heavy atom. The third-order valence-corrected chi connectivity index (χ3v) is 2.61. The van der Waals surface area contributed by atoms with Crippen LogP contribution >= 0.6 is 0 Å². The number of halogens is 1. The van der Waals surface area contributed by atoms with Crippen LogP contribution in [0.4, 0.5) is 27.5 Å². The highest BCUT2D eigenvalue weighted by Crippen LogP contribution is 2.27. The molecule has 5 nitrogen and oxygen atoms in total. The molecular formula is C13H16FN5. The summed E-state index contributed by atoms with van der Waals surface area (Å²) in [6, 6.07) is 7.62. The zero-order valence-corrected chi connectivity index (χ0v) is 11.1. The van der Waals surface area contributed by atoms with Crippen molar-refractivity contribution in [3.05, 3.63) is 36.3 Å². The van der Waals surface area contributed by atoms with Crippen molar-refractivity contribution < 1.29 is 4.39 Å². The molecule has 100 valence electrons. The van der Waals surface area contributed by atoms with Crippen molar-refractivity contribution in [2.24, 2.45) is 0 Å². The van der Waals surface area contributed by atoms with E-state index in [2.05, 4.69) is 20.6 Å². The Labute approximate surface area is 111 Å². The second-order valence-electron chi connectivity index (χ2n) is 4.18. The van der Waals surface area contributed by atoms with Crippen LogP contribution in [0.3, 0.4) is 0 Å². The molecule has 1 heterocycles. The molecule has 0 unspecified atom stereocenters. The van der Waals surface area contributed by atoms with E-state index in [1.54, 1.807) is 7.05 Å². The average Bonchev–Trinajstić information content (AvgIpc) is 2.41. The number of hydrogen-bond acceptors (Lipinski definition) is 5. The predicted molar refractivity (Wildman–Crippen MR) is 75.6 cm³/mol. The number of aromatic nitrogens is 2. The number of nitrogens with zero attached hydrogens (tertiary/aromatic N) is 3. The van der Waals surface area contributed by atoms with Gasteiger partial charge in [0.25, 0.3) is 0 Å². The highest BCUT2D eigenvalue weighted by atomic mass is 19.1. The number of nitrogens with one attached hydrogen (secondary N) is 2. The van der Waals surface area contributed by atoms with Gasteiger partial charge in [-0.1, -0.05) is 12.1 Å². The summed E-state index contributed by atoms with van der Waals surface area (Å²) in [6.07, 6.45) is 1.14. The lowest BCUT2D eigenvalue weighted by molar-refractivity contribution is 0.619. The van der Waals surface area contributed by atoms with E-state index in [0.717, 1.165) is 17.6 Å². The van der Waals surface area contributed by atoms with Crippen molar-refractivity contribution in [3.63, 3.8) is 0 Å². The number of benzene rings is 1. The van der Waals surface area contributed by atoms with Crippen molar-refractivity contribution >= 4 is 23.1 Å². The first-order valence-corrected chi connectivity index (χ1v) is 5.85. The normalized spacial score (nSPS) is 10.1. The minimum Gasteiger partial charge on any atom is -0.376 e. The standard InChI is InChI=1S/C13H16FN5/c1-15-13-16-8-9(14)12(18-13)17-10-6-4-5-7-11(10)19(2)3/h4-8H,1-3H3,(H2,15,16,17,18). The van der Waals surface area contributed by atoms with Crippen molar-refractivity contribution in [2.45, 2.75) is 0 Å². The lowest BCUT2D eigenvalue weighted by atomic mass is 10.2. The zero-order chi connectivity index (χ0) is 13.8. The van der Waals surface area contributed by atoms with Gasteiger partial charge in [-0.25, -0.2) is 9.37 Å². The van der Waals surface area contributed by atoms with Gasteiger partial charge in [-0.2, -0.15) is 4.98 Å². The topological polar surface area (TPSA) is 53.1 Å². The Hall–Kier alpha value is -2.37. The summed E-state index contributed by atoms with van der Waals surface area (Å²) in [5.74, 6) is 0.0208. The van der Waals surface area contributed by atoms with E-state index in [0.29, 0.717) is 5.95 Å². The van der Waals surface area contributed by atoms with Crippen LogP contribution in [-0.2, 0) is 0 Å². The average molecular weight is 261 g/mol. The molecule has 2 aromatic rings. The Kier molecular flexibility index (Phi) is 3.79. The third-order valence-electron chi connectivity index (χ3n) is 2.61. The minimum atomic E-state index is -0.493. The van der Waals surface area contributed by atoms with Gasteiger partial charge in [0.05, 0.1) is 17.6 Å². The van der Waals surface area contributed by atoms with E-state index in [-0.39, 0.29) is 5.82 Å². The third kappa shape index (κ3) is 2.90. The molecule has 0 saturated heterocycles. The van der Waals surface area contributed by atoms with E-state index in [1.165, 1.54) is 0 Å². The van der Waals surface area contributed by atoms with Crippen molar-refractivity contribution in [1.82, 2.24) is 9.97 Å². The zero-order valence-electron chi connectivity index (χ0n) is 11.1. The first kappa shape index (κ1) is 13.1. The molecule has 6 heteroatoms.